The van der Waals surface area contributed by atoms with E-state index < -0.39 is 0 Å². The molecule has 0 saturated carbocycles. The van der Waals surface area contributed by atoms with E-state index in [-0.39, 0.29) is 17.7 Å². The SMILES string of the molecule is Cc1[nH]c2ccc(C(=O)N3CCC[C@H](C(N)=O)C3)cc2c1C. The fourth-order valence-corrected chi connectivity index (χ4v) is 3.17. The number of carbonyl (C=O) groups excluding carboxylic acids is 2. The summed E-state index contributed by atoms with van der Waals surface area (Å²) in [4.78, 5) is 29.1. The Morgan fingerprint density at radius 1 is 1.32 bits per heavy atom. The van der Waals surface area contributed by atoms with Gasteiger partial charge in [-0.05, 0) is 50.5 Å². The van der Waals surface area contributed by atoms with Gasteiger partial charge in [0, 0.05) is 35.2 Å². The number of amides is 2. The van der Waals surface area contributed by atoms with Crippen LogP contribution in [0.5, 0.6) is 0 Å². The Bertz CT molecular complexity index is 748. The Morgan fingerprint density at radius 2 is 2.09 bits per heavy atom. The summed E-state index contributed by atoms with van der Waals surface area (Å²) < 4.78 is 0. The first-order chi connectivity index (χ1) is 10.5. The van der Waals surface area contributed by atoms with E-state index >= 15 is 0 Å². The van der Waals surface area contributed by atoms with Gasteiger partial charge >= 0.3 is 0 Å². The number of H-pyrrole nitrogens is 1. The maximum Gasteiger partial charge on any atom is 0.253 e. The zero-order valence-electron chi connectivity index (χ0n) is 13.0. The lowest BCUT2D eigenvalue weighted by Crippen LogP contribution is -2.44. The van der Waals surface area contributed by atoms with Crippen LogP contribution in [0.15, 0.2) is 18.2 Å². The second-order valence-electron chi connectivity index (χ2n) is 6.13. The number of aryl methyl sites for hydroxylation is 2. The third-order valence-corrected chi connectivity index (χ3v) is 4.67. The van der Waals surface area contributed by atoms with Crippen molar-refractivity contribution in [1.82, 2.24) is 9.88 Å². The zero-order chi connectivity index (χ0) is 15.9. The molecule has 1 fully saturated rings. The van der Waals surface area contributed by atoms with Crippen molar-refractivity contribution in [2.24, 2.45) is 11.7 Å². The lowest BCUT2D eigenvalue weighted by molar-refractivity contribution is -0.123. The van der Waals surface area contributed by atoms with Crippen LogP contribution in [0.25, 0.3) is 10.9 Å². The molecule has 3 rings (SSSR count). The number of rotatable bonds is 2. The predicted octanol–water partition coefficient (Wildman–Crippen LogP) is 2.12. The Balaban J connectivity index is 1.88. The standard InChI is InChI=1S/C17H21N3O2/c1-10-11(2)19-15-6-5-12(8-14(10)15)17(22)20-7-3-4-13(9-20)16(18)21/h5-6,8,13,19H,3-4,7,9H2,1-2H3,(H2,18,21)/t13-/m0/s1. The van der Waals surface area contributed by atoms with Gasteiger partial charge in [0.05, 0.1) is 5.92 Å². The van der Waals surface area contributed by atoms with Crippen LogP contribution in [0, 0.1) is 19.8 Å². The van der Waals surface area contributed by atoms with E-state index in [9.17, 15) is 9.59 Å². The average Bonchev–Trinajstić information content (AvgIpc) is 2.81. The van der Waals surface area contributed by atoms with Crippen molar-refractivity contribution >= 4 is 22.7 Å². The van der Waals surface area contributed by atoms with Gasteiger partial charge in [0.25, 0.3) is 5.91 Å². The maximum absolute atomic E-state index is 12.7. The number of likely N-dealkylation sites (tertiary alicyclic amines) is 1. The summed E-state index contributed by atoms with van der Waals surface area (Å²) in [7, 11) is 0. The minimum atomic E-state index is -0.315. The topological polar surface area (TPSA) is 79.2 Å². The third-order valence-electron chi connectivity index (χ3n) is 4.67. The highest BCUT2D eigenvalue weighted by Gasteiger charge is 2.27. The van der Waals surface area contributed by atoms with Crippen molar-refractivity contribution < 1.29 is 9.59 Å². The molecule has 22 heavy (non-hydrogen) atoms. The second kappa shape index (κ2) is 5.48. The number of nitrogens with two attached hydrogens (primary N) is 1. The van der Waals surface area contributed by atoms with Crippen molar-refractivity contribution in [2.45, 2.75) is 26.7 Å². The Kier molecular flexibility index (Phi) is 3.64. The van der Waals surface area contributed by atoms with E-state index in [1.165, 1.54) is 5.56 Å². The highest BCUT2D eigenvalue weighted by molar-refractivity contribution is 5.99. The molecule has 0 aliphatic carbocycles. The van der Waals surface area contributed by atoms with Gasteiger partial charge in [-0.3, -0.25) is 9.59 Å². The molecule has 0 unspecified atom stereocenters. The Labute approximate surface area is 129 Å². The zero-order valence-corrected chi connectivity index (χ0v) is 13.0. The Morgan fingerprint density at radius 3 is 2.82 bits per heavy atom. The number of hydrogen-bond acceptors (Lipinski definition) is 2. The van der Waals surface area contributed by atoms with Gasteiger partial charge in [0.2, 0.25) is 5.91 Å². The van der Waals surface area contributed by atoms with Gasteiger partial charge < -0.3 is 15.6 Å². The van der Waals surface area contributed by atoms with Crippen molar-refractivity contribution in [2.75, 3.05) is 13.1 Å². The number of piperidine rings is 1. The van der Waals surface area contributed by atoms with Crippen LogP contribution in [0.4, 0.5) is 0 Å². The van der Waals surface area contributed by atoms with Crippen LogP contribution in [0.2, 0.25) is 0 Å². The molecule has 2 amide bonds. The summed E-state index contributed by atoms with van der Waals surface area (Å²) >= 11 is 0. The number of carbonyl (C=O) groups is 2. The first-order valence-electron chi connectivity index (χ1n) is 7.65. The number of hydrogen-bond donors (Lipinski definition) is 2. The fraction of sp³-hybridized carbons (Fsp3) is 0.412. The number of fused-ring (bicyclic) bond motifs is 1. The van der Waals surface area contributed by atoms with E-state index in [2.05, 4.69) is 4.98 Å². The molecule has 1 aliphatic heterocycles. The first-order valence-corrected chi connectivity index (χ1v) is 7.65. The molecule has 1 aliphatic rings. The highest BCUT2D eigenvalue weighted by atomic mass is 16.2. The molecular formula is C17H21N3O2. The number of aromatic amines is 1. The van der Waals surface area contributed by atoms with E-state index in [1.807, 2.05) is 32.0 Å². The summed E-state index contributed by atoms with van der Waals surface area (Å²) in [6.07, 6.45) is 1.60. The molecular weight excluding hydrogens is 278 g/mol. The van der Waals surface area contributed by atoms with Gasteiger partial charge in [-0.15, -0.1) is 0 Å². The lowest BCUT2D eigenvalue weighted by Gasteiger charge is -2.31. The number of aromatic nitrogens is 1. The van der Waals surface area contributed by atoms with E-state index in [0.29, 0.717) is 18.7 Å². The molecule has 1 aromatic heterocycles. The van der Waals surface area contributed by atoms with Gasteiger partial charge in [-0.1, -0.05) is 0 Å². The fourth-order valence-electron chi connectivity index (χ4n) is 3.17. The normalized spacial score (nSPS) is 18.6. The molecule has 0 spiro atoms. The van der Waals surface area contributed by atoms with Gasteiger partial charge in [0.1, 0.15) is 0 Å². The van der Waals surface area contributed by atoms with Crippen molar-refractivity contribution in [3.63, 3.8) is 0 Å². The van der Waals surface area contributed by atoms with Crippen molar-refractivity contribution in [3.05, 3.63) is 35.0 Å². The lowest BCUT2D eigenvalue weighted by atomic mass is 9.96. The van der Waals surface area contributed by atoms with Crippen LogP contribution in [-0.2, 0) is 4.79 Å². The molecule has 5 heteroatoms. The highest BCUT2D eigenvalue weighted by Crippen LogP contribution is 2.24. The summed E-state index contributed by atoms with van der Waals surface area (Å²) in [5.74, 6) is -0.561. The van der Waals surface area contributed by atoms with E-state index in [4.69, 9.17) is 5.73 Å². The van der Waals surface area contributed by atoms with E-state index in [0.717, 1.165) is 29.4 Å². The Hall–Kier alpha value is -2.30. The van der Waals surface area contributed by atoms with Crippen LogP contribution >= 0.6 is 0 Å². The molecule has 1 aromatic carbocycles. The van der Waals surface area contributed by atoms with Crippen LogP contribution < -0.4 is 5.73 Å². The molecule has 3 N–H and O–H groups in total. The van der Waals surface area contributed by atoms with Crippen LogP contribution in [0.3, 0.4) is 0 Å². The number of primary amides is 1. The van der Waals surface area contributed by atoms with Crippen LogP contribution in [-0.4, -0.2) is 34.8 Å². The molecule has 0 radical (unpaired) electrons. The number of nitrogens with one attached hydrogen (secondary N) is 1. The minimum Gasteiger partial charge on any atom is -0.369 e. The third kappa shape index (κ3) is 2.47. The van der Waals surface area contributed by atoms with Crippen molar-refractivity contribution in [3.8, 4) is 0 Å². The molecule has 1 saturated heterocycles. The molecule has 2 aromatic rings. The summed E-state index contributed by atoms with van der Waals surface area (Å²) in [5.41, 5.74) is 9.37. The number of benzene rings is 1. The largest absolute Gasteiger partial charge is 0.369 e. The smallest absolute Gasteiger partial charge is 0.253 e. The molecule has 0 bridgehead atoms. The quantitative estimate of drug-likeness (QED) is 0.891. The molecule has 5 nitrogen and oxygen atoms in total. The summed E-state index contributed by atoms with van der Waals surface area (Å²) in [6.45, 7) is 5.19. The summed E-state index contributed by atoms with van der Waals surface area (Å²) in [6, 6.07) is 5.72. The average molecular weight is 299 g/mol. The monoisotopic (exact) mass is 299 g/mol. The minimum absolute atomic E-state index is 0.0221. The van der Waals surface area contributed by atoms with Gasteiger partial charge in [-0.25, -0.2) is 0 Å². The predicted molar refractivity (Wildman–Crippen MR) is 85.6 cm³/mol. The molecule has 116 valence electrons. The first kappa shape index (κ1) is 14.6. The molecule has 2 heterocycles. The summed E-state index contributed by atoms with van der Waals surface area (Å²) in [5, 5.41) is 1.08. The number of nitrogens with zero attached hydrogens (tertiary/aromatic N) is 1. The van der Waals surface area contributed by atoms with Gasteiger partial charge in [0.15, 0.2) is 0 Å². The van der Waals surface area contributed by atoms with Crippen LogP contribution in [0.1, 0.15) is 34.5 Å². The molecule has 1 atom stereocenters. The second-order valence-corrected chi connectivity index (χ2v) is 6.13. The van der Waals surface area contributed by atoms with Gasteiger partial charge in [-0.2, -0.15) is 0 Å². The van der Waals surface area contributed by atoms with Crippen molar-refractivity contribution in [1.29, 1.82) is 0 Å². The maximum atomic E-state index is 12.7. The van der Waals surface area contributed by atoms with E-state index in [1.54, 1.807) is 4.90 Å².